The van der Waals surface area contributed by atoms with Gasteiger partial charge in [-0.15, -0.1) is 0 Å². The smallest absolute Gasteiger partial charge is 0.205 e. The average Bonchev–Trinajstić information content (AvgIpc) is 3.03. The molecule has 1 fully saturated rings. The van der Waals surface area contributed by atoms with Crippen molar-refractivity contribution in [3.05, 3.63) is 26.2 Å². The minimum Gasteiger partial charge on any atom is -0.345 e. The molecule has 0 spiro atoms. The van der Waals surface area contributed by atoms with Crippen LogP contribution in [0, 0.1) is 9.49 Å². The number of nitrogens with zero attached hydrogens (tertiary/aromatic N) is 2. The quantitative estimate of drug-likeness (QED) is 0.860. The fourth-order valence-corrected chi connectivity index (χ4v) is 2.53. The highest BCUT2D eigenvalue weighted by Crippen LogP contribution is 2.39. The summed E-state index contributed by atoms with van der Waals surface area (Å²) in [7, 11) is 0. The molecule has 4 nitrogen and oxygen atoms in total. The maximum Gasteiger partial charge on any atom is 0.205 e. The first kappa shape index (κ1) is 10.3. The van der Waals surface area contributed by atoms with Crippen molar-refractivity contribution in [2.24, 2.45) is 5.92 Å². The third-order valence-electron chi connectivity index (χ3n) is 3.28. The molecular formula is C11H12IN3O. The van der Waals surface area contributed by atoms with Crippen LogP contribution in [0.4, 0.5) is 0 Å². The summed E-state index contributed by atoms with van der Waals surface area (Å²) in [4.78, 5) is 15.0. The third kappa shape index (κ3) is 1.49. The summed E-state index contributed by atoms with van der Waals surface area (Å²) in [5.74, 6) is 0.728. The molecule has 3 rings (SSSR count). The van der Waals surface area contributed by atoms with Crippen molar-refractivity contribution in [1.29, 1.82) is 0 Å². The molecular weight excluding hydrogens is 317 g/mol. The van der Waals surface area contributed by atoms with Crippen molar-refractivity contribution in [1.82, 2.24) is 14.8 Å². The molecule has 1 unspecified atom stereocenters. The van der Waals surface area contributed by atoms with E-state index in [2.05, 4.69) is 17.0 Å². The lowest BCUT2D eigenvalue weighted by Crippen LogP contribution is -2.11. The molecule has 0 bridgehead atoms. The Hall–Kier alpha value is -0.850. The van der Waals surface area contributed by atoms with Gasteiger partial charge in [-0.3, -0.25) is 4.79 Å². The highest BCUT2D eigenvalue weighted by Gasteiger charge is 2.30. The van der Waals surface area contributed by atoms with Crippen LogP contribution in [0.1, 0.15) is 25.8 Å². The van der Waals surface area contributed by atoms with Crippen LogP contribution in [0.5, 0.6) is 0 Å². The predicted octanol–water partition coefficient (Wildman–Crippen LogP) is 2.30. The molecule has 2 aromatic rings. The van der Waals surface area contributed by atoms with Crippen LogP contribution in [0.2, 0.25) is 0 Å². The highest BCUT2D eigenvalue weighted by atomic mass is 127. The first-order valence-electron chi connectivity index (χ1n) is 5.43. The Morgan fingerprint density at radius 3 is 3.06 bits per heavy atom. The van der Waals surface area contributed by atoms with Crippen molar-refractivity contribution < 1.29 is 0 Å². The number of fused-ring (bicyclic) bond motifs is 1. The number of H-pyrrole nitrogens is 1. The monoisotopic (exact) mass is 329 g/mol. The van der Waals surface area contributed by atoms with Crippen LogP contribution in [0.15, 0.2) is 17.2 Å². The number of hydrogen-bond acceptors (Lipinski definition) is 2. The van der Waals surface area contributed by atoms with Gasteiger partial charge in [-0.05, 0) is 48.3 Å². The number of nitrogens with one attached hydrogen (secondary N) is 1. The van der Waals surface area contributed by atoms with E-state index in [0.29, 0.717) is 15.0 Å². The van der Waals surface area contributed by atoms with Gasteiger partial charge in [0.2, 0.25) is 5.43 Å². The largest absolute Gasteiger partial charge is 0.345 e. The van der Waals surface area contributed by atoms with Gasteiger partial charge in [0.1, 0.15) is 5.65 Å². The average molecular weight is 329 g/mol. The number of aromatic amines is 1. The maximum atomic E-state index is 11.9. The maximum absolute atomic E-state index is 11.9. The van der Waals surface area contributed by atoms with Crippen LogP contribution < -0.4 is 5.43 Å². The molecule has 0 aromatic carbocycles. The second-order valence-corrected chi connectivity index (χ2v) is 5.56. The molecule has 16 heavy (non-hydrogen) atoms. The van der Waals surface area contributed by atoms with Crippen LogP contribution in [-0.2, 0) is 0 Å². The van der Waals surface area contributed by atoms with Crippen molar-refractivity contribution in [3.8, 4) is 0 Å². The molecule has 2 aromatic heterocycles. The van der Waals surface area contributed by atoms with E-state index in [0.717, 1.165) is 11.6 Å². The predicted molar refractivity (Wildman–Crippen MR) is 70.5 cm³/mol. The highest BCUT2D eigenvalue weighted by molar-refractivity contribution is 14.1. The number of aromatic nitrogens is 3. The number of halogens is 1. The lowest BCUT2D eigenvalue weighted by Gasteiger charge is -2.11. The van der Waals surface area contributed by atoms with Crippen LogP contribution in [0.25, 0.3) is 11.0 Å². The summed E-state index contributed by atoms with van der Waals surface area (Å²) in [6.07, 6.45) is 5.98. The SMILES string of the molecule is CC(C1CC1)n1ncc2c(=O)c(I)c[nH]c21. The number of rotatable bonds is 2. The van der Waals surface area contributed by atoms with Gasteiger partial charge in [-0.2, -0.15) is 5.10 Å². The minimum atomic E-state index is 0.0728. The molecule has 0 radical (unpaired) electrons. The van der Waals surface area contributed by atoms with Gasteiger partial charge in [0.25, 0.3) is 0 Å². The standard InChI is InChI=1S/C11H12IN3O/c1-6(7-2-3-7)15-11-8(4-14-15)10(16)9(12)5-13-11/h4-7H,2-3H2,1H3,(H,13,16). The number of pyridine rings is 1. The summed E-state index contributed by atoms with van der Waals surface area (Å²) in [5.41, 5.74) is 0.924. The van der Waals surface area contributed by atoms with E-state index in [1.54, 1.807) is 12.4 Å². The Labute approximate surface area is 106 Å². The third-order valence-corrected chi connectivity index (χ3v) is 4.08. The summed E-state index contributed by atoms with van der Waals surface area (Å²) in [6, 6.07) is 0.383. The van der Waals surface area contributed by atoms with Gasteiger partial charge in [0.05, 0.1) is 21.2 Å². The molecule has 1 aliphatic carbocycles. The molecule has 1 aliphatic rings. The van der Waals surface area contributed by atoms with Crippen molar-refractivity contribution >= 4 is 33.6 Å². The summed E-state index contributed by atoms with van der Waals surface area (Å²) < 4.78 is 2.66. The molecule has 2 heterocycles. The van der Waals surface area contributed by atoms with E-state index in [4.69, 9.17) is 0 Å². The summed E-state index contributed by atoms with van der Waals surface area (Å²) in [5, 5.41) is 5.03. The normalized spacial score (nSPS) is 17.9. The van der Waals surface area contributed by atoms with Crippen LogP contribution >= 0.6 is 22.6 Å². The van der Waals surface area contributed by atoms with Gasteiger partial charge in [0.15, 0.2) is 0 Å². The first-order chi connectivity index (χ1) is 7.68. The van der Waals surface area contributed by atoms with E-state index in [1.165, 1.54) is 12.8 Å². The molecule has 5 heteroatoms. The lowest BCUT2D eigenvalue weighted by molar-refractivity contribution is 0.451. The van der Waals surface area contributed by atoms with Gasteiger partial charge >= 0.3 is 0 Å². The Bertz CT molecular complexity index is 597. The molecule has 1 atom stereocenters. The van der Waals surface area contributed by atoms with Crippen LogP contribution in [0.3, 0.4) is 0 Å². The lowest BCUT2D eigenvalue weighted by atomic mass is 10.2. The van der Waals surface area contributed by atoms with Crippen molar-refractivity contribution in [3.63, 3.8) is 0 Å². The Balaban J connectivity index is 2.20. The molecule has 0 amide bonds. The van der Waals surface area contributed by atoms with Gasteiger partial charge in [-0.25, -0.2) is 4.68 Å². The Morgan fingerprint density at radius 2 is 2.38 bits per heavy atom. The summed E-state index contributed by atoms with van der Waals surface area (Å²) >= 11 is 2.04. The fourth-order valence-electron chi connectivity index (χ4n) is 2.09. The number of hydrogen-bond donors (Lipinski definition) is 1. The van der Waals surface area contributed by atoms with E-state index >= 15 is 0 Å². The Morgan fingerprint density at radius 1 is 1.62 bits per heavy atom. The van der Waals surface area contributed by atoms with Crippen LogP contribution in [-0.4, -0.2) is 14.8 Å². The van der Waals surface area contributed by atoms with Gasteiger partial charge < -0.3 is 4.98 Å². The van der Waals surface area contributed by atoms with E-state index in [-0.39, 0.29) is 5.43 Å². The second kappa shape index (κ2) is 3.58. The zero-order valence-corrected chi connectivity index (χ0v) is 11.1. The molecule has 1 N–H and O–H groups in total. The van der Waals surface area contributed by atoms with Crippen molar-refractivity contribution in [2.45, 2.75) is 25.8 Å². The minimum absolute atomic E-state index is 0.0728. The Kier molecular flexibility index (Phi) is 2.31. The first-order valence-corrected chi connectivity index (χ1v) is 6.51. The van der Waals surface area contributed by atoms with E-state index in [1.807, 2.05) is 27.3 Å². The molecule has 1 saturated carbocycles. The molecule has 84 valence electrons. The van der Waals surface area contributed by atoms with Gasteiger partial charge in [0, 0.05) is 6.20 Å². The van der Waals surface area contributed by atoms with Crippen molar-refractivity contribution in [2.75, 3.05) is 0 Å². The second-order valence-electron chi connectivity index (χ2n) is 4.40. The zero-order chi connectivity index (χ0) is 11.3. The summed E-state index contributed by atoms with van der Waals surface area (Å²) in [6.45, 7) is 2.17. The topological polar surface area (TPSA) is 50.7 Å². The fraction of sp³-hybridized carbons (Fsp3) is 0.455. The van der Waals surface area contributed by atoms with E-state index < -0.39 is 0 Å². The van der Waals surface area contributed by atoms with Gasteiger partial charge in [-0.1, -0.05) is 0 Å². The van der Waals surface area contributed by atoms with E-state index in [9.17, 15) is 4.79 Å². The molecule has 0 aliphatic heterocycles. The zero-order valence-electron chi connectivity index (χ0n) is 8.90. The molecule has 0 saturated heterocycles.